The number of methoxy groups -OCH3 is 1. The Bertz CT molecular complexity index is 1150. The van der Waals surface area contributed by atoms with E-state index in [2.05, 4.69) is 20.4 Å². The van der Waals surface area contributed by atoms with E-state index >= 15 is 0 Å². The smallest absolute Gasteiger partial charge is 0.434 e. The van der Waals surface area contributed by atoms with Crippen LogP contribution in [-0.4, -0.2) is 39.1 Å². The number of alkyl halides is 3. The van der Waals surface area contributed by atoms with E-state index in [1.807, 2.05) is 10.9 Å². The first-order valence-electron chi connectivity index (χ1n) is 10.0. The van der Waals surface area contributed by atoms with E-state index in [9.17, 15) is 22.8 Å². The number of aldehydes is 1. The number of amides is 1. The van der Waals surface area contributed by atoms with Crippen LogP contribution in [0, 0.1) is 5.92 Å². The maximum atomic E-state index is 13.2. The van der Waals surface area contributed by atoms with E-state index in [4.69, 9.17) is 4.74 Å². The van der Waals surface area contributed by atoms with Gasteiger partial charge in [0, 0.05) is 29.8 Å². The summed E-state index contributed by atoms with van der Waals surface area (Å²) in [7, 11) is 1.39. The van der Waals surface area contributed by atoms with Gasteiger partial charge in [0.1, 0.15) is 18.4 Å². The zero-order valence-corrected chi connectivity index (χ0v) is 17.1. The van der Waals surface area contributed by atoms with Gasteiger partial charge in [0.15, 0.2) is 5.69 Å². The van der Waals surface area contributed by atoms with E-state index in [1.54, 1.807) is 12.1 Å². The molecule has 0 saturated heterocycles. The van der Waals surface area contributed by atoms with Gasteiger partial charge in [-0.1, -0.05) is 0 Å². The summed E-state index contributed by atoms with van der Waals surface area (Å²) >= 11 is 0. The second-order valence-corrected chi connectivity index (χ2v) is 7.66. The first-order valence-corrected chi connectivity index (χ1v) is 10.0. The molecular weight excluding hydrogens is 427 g/mol. The Morgan fingerprint density at radius 3 is 2.66 bits per heavy atom. The van der Waals surface area contributed by atoms with Crippen LogP contribution < -0.4 is 10.1 Å². The van der Waals surface area contributed by atoms with Crippen LogP contribution in [0.15, 0.2) is 30.9 Å². The van der Waals surface area contributed by atoms with Crippen molar-refractivity contribution < 1.29 is 27.5 Å². The molecule has 1 amide bonds. The maximum absolute atomic E-state index is 13.2. The zero-order valence-electron chi connectivity index (χ0n) is 17.1. The normalized spacial score (nSPS) is 19.0. The lowest BCUT2D eigenvalue weighted by Crippen LogP contribution is -2.20. The molecule has 32 heavy (non-hydrogen) atoms. The van der Waals surface area contributed by atoms with E-state index in [-0.39, 0.29) is 23.4 Å². The monoisotopic (exact) mass is 447 g/mol. The van der Waals surface area contributed by atoms with E-state index in [1.165, 1.54) is 7.11 Å². The molecule has 168 valence electrons. The van der Waals surface area contributed by atoms with E-state index in [0.29, 0.717) is 10.9 Å². The summed E-state index contributed by atoms with van der Waals surface area (Å²) in [5, 5.41) is 7.75. The highest BCUT2D eigenvalue weighted by Crippen LogP contribution is 2.35. The molecule has 0 aliphatic heterocycles. The SMILES string of the molecule is COc1cc2nn(C3CCC(C=O)CC3)cc2cc1NC(=O)c1cncnc1C(F)(F)F. The topological polar surface area (TPSA) is 99.0 Å². The minimum absolute atomic E-state index is 0.0849. The van der Waals surface area contributed by atoms with Crippen LogP contribution in [0.2, 0.25) is 0 Å². The summed E-state index contributed by atoms with van der Waals surface area (Å²) in [6.07, 6.45) is 2.84. The molecule has 2 aromatic heterocycles. The van der Waals surface area contributed by atoms with Gasteiger partial charge in [-0.2, -0.15) is 18.3 Å². The molecule has 1 N–H and O–H groups in total. The average Bonchev–Trinajstić information content (AvgIpc) is 3.20. The Kier molecular flexibility index (Phi) is 5.81. The molecular formula is C21H20F3N5O3. The van der Waals surface area contributed by atoms with Crippen LogP contribution in [0.5, 0.6) is 5.75 Å². The second kappa shape index (κ2) is 8.56. The fraction of sp³-hybridized carbons (Fsp3) is 0.381. The molecule has 8 nitrogen and oxygen atoms in total. The number of hydrogen-bond donors (Lipinski definition) is 1. The highest BCUT2D eigenvalue weighted by atomic mass is 19.4. The Morgan fingerprint density at radius 2 is 2.00 bits per heavy atom. The average molecular weight is 447 g/mol. The number of nitrogens with one attached hydrogen (secondary N) is 1. The van der Waals surface area contributed by atoms with Gasteiger partial charge in [-0.25, -0.2) is 9.97 Å². The van der Waals surface area contributed by atoms with Gasteiger partial charge >= 0.3 is 6.18 Å². The molecule has 0 atom stereocenters. The molecule has 2 heterocycles. The van der Waals surface area contributed by atoms with Gasteiger partial charge in [0.2, 0.25) is 0 Å². The second-order valence-electron chi connectivity index (χ2n) is 7.66. The van der Waals surface area contributed by atoms with Crippen LogP contribution in [0.4, 0.5) is 18.9 Å². The predicted octanol–water partition coefficient (Wildman–Crippen LogP) is 4.04. The third-order valence-electron chi connectivity index (χ3n) is 5.62. The molecule has 1 aliphatic rings. The van der Waals surface area contributed by atoms with Crippen molar-refractivity contribution in [3.05, 3.63) is 42.1 Å². The van der Waals surface area contributed by atoms with Gasteiger partial charge in [-0.3, -0.25) is 9.48 Å². The van der Waals surface area contributed by atoms with Gasteiger partial charge in [0.25, 0.3) is 5.91 Å². The van der Waals surface area contributed by atoms with Gasteiger partial charge in [0.05, 0.1) is 29.9 Å². The van der Waals surface area contributed by atoms with Gasteiger partial charge in [-0.15, -0.1) is 0 Å². The van der Waals surface area contributed by atoms with Crippen molar-refractivity contribution in [3.63, 3.8) is 0 Å². The number of aromatic nitrogens is 4. The molecule has 1 aromatic carbocycles. The molecule has 1 saturated carbocycles. The molecule has 0 bridgehead atoms. The van der Waals surface area contributed by atoms with Crippen molar-refractivity contribution in [2.75, 3.05) is 12.4 Å². The summed E-state index contributed by atoms with van der Waals surface area (Å²) in [5.74, 6) is -0.664. The number of fused-ring (bicyclic) bond motifs is 1. The number of carbonyl (C=O) groups is 2. The Labute approximate surface area is 180 Å². The van der Waals surface area contributed by atoms with Crippen LogP contribution in [0.1, 0.15) is 47.8 Å². The van der Waals surface area contributed by atoms with E-state index in [0.717, 1.165) is 44.5 Å². The van der Waals surface area contributed by atoms with Crippen molar-refractivity contribution in [2.45, 2.75) is 37.9 Å². The molecule has 0 radical (unpaired) electrons. The van der Waals surface area contributed by atoms with Crippen molar-refractivity contribution in [2.24, 2.45) is 5.92 Å². The number of carbonyl (C=O) groups excluding carboxylic acids is 2. The number of benzene rings is 1. The predicted molar refractivity (Wildman–Crippen MR) is 108 cm³/mol. The lowest BCUT2D eigenvalue weighted by atomic mass is 9.87. The number of halogens is 3. The van der Waals surface area contributed by atoms with Gasteiger partial charge < -0.3 is 14.8 Å². The van der Waals surface area contributed by atoms with Crippen molar-refractivity contribution in [1.29, 1.82) is 0 Å². The van der Waals surface area contributed by atoms with Crippen molar-refractivity contribution in [1.82, 2.24) is 19.7 Å². The third kappa shape index (κ3) is 4.27. The van der Waals surface area contributed by atoms with Crippen molar-refractivity contribution in [3.8, 4) is 5.75 Å². The first-order chi connectivity index (χ1) is 15.3. The summed E-state index contributed by atoms with van der Waals surface area (Å²) in [6, 6.07) is 3.37. The number of anilines is 1. The fourth-order valence-electron chi connectivity index (χ4n) is 3.94. The highest BCUT2D eigenvalue weighted by molar-refractivity contribution is 6.06. The number of rotatable bonds is 5. The van der Waals surface area contributed by atoms with Crippen LogP contribution in [-0.2, 0) is 11.0 Å². The molecule has 0 spiro atoms. The zero-order chi connectivity index (χ0) is 22.9. The largest absolute Gasteiger partial charge is 0.494 e. The Balaban J connectivity index is 1.62. The standard InChI is InChI=1S/C21H20F3N5O3/c1-32-18-7-16-13(9-29(28-16)14-4-2-12(10-30)3-5-14)6-17(18)27-20(31)15-8-25-11-26-19(15)21(22,23)24/h6-12,14H,2-5H2,1H3,(H,27,31). The van der Waals surface area contributed by atoms with Crippen molar-refractivity contribution >= 4 is 28.8 Å². The quantitative estimate of drug-likeness (QED) is 0.593. The molecule has 4 rings (SSSR count). The molecule has 3 aromatic rings. The fourth-order valence-corrected chi connectivity index (χ4v) is 3.94. The summed E-state index contributed by atoms with van der Waals surface area (Å²) < 4.78 is 46.8. The Hall–Kier alpha value is -3.50. The van der Waals surface area contributed by atoms with Crippen LogP contribution in [0.25, 0.3) is 10.9 Å². The molecule has 1 aliphatic carbocycles. The summed E-state index contributed by atoms with van der Waals surface area (Å²) in [5.41, 5.74) is -1.18. The minimum atomic E-state index is -4.80. The van der Waals surface area contributed by atoms with Gasteiger partial charge in [-0.05, 0) is 31.7 Å². The summed E-state index contributed by atoms with van der Waals surface area (Å²) in [4.78, 5) is 30.3. The highest BCUT2D eigenvalue weighted by Gasteiger charge is 2.37. The summed E-state index contributed by atoms with van der Waals surface area (Å²) in [6.45, 7) is 0. The number of ether oxygens (including phenoxy) is 1. The van der Waals surface area contributed by atoms with Crippen LogP contribution in [0.3, 0.4) is 0 Å². The molecule has 0 unspecified atom stereocenters. The first kappa shape index (κ1) is 21.7. The molecule has 1 fully saturated rings. The van der Waals surface area contributed by atoms with E-state index < -0.39 is 23.3 Å². The third-order valence-corrected chi connectivity index (χ3v) is 5.62. The lowest BCUT2D eigenvalue weighted by molar-refractivity contribution is -0.141. The maximum Gasteiger partial charge on any atom is 0.434 e. The Morgan fingerprint density at radius 1 is 1.25 bits per heavy atom. The lowest BCUT2D eigenvalue weighted by Gasteiger charge is -2.25. The number of nitrogens with zero attached hydrogens (tertiary/aromatic N) is 4. The number of hydrogen-bond acceptors (Lipinski definition) is 6. The van der Waals surface area contributed by atoms with Crippen LogP contribution >= 0.6 is 0 Å². The minimum Gasteiger partial charge on any atom is -0.494 e. The molecule has 11 heteroatoms.